The number of hydrogen-bond donors (Lipinski definition) is 2. The van der Waals surface area contributed by atoms with Crippen molar-refractivity contribution in [2.24, 2.45) is 0 Å². The number of nitrogens with zero attached hydrogens (tertiary/aromatic N) is 2. The van der Waals surface area contributed by atoms with Gasteiger partial charge in [0.05, 0.1) is 4.90 Å². The molecule has 0 bridgehead atoms. The number of amides is 1. The van der Waals surface area contributed by atoms with Crippen LogP contribution in [0.4, 0.5) is 0 Å². The molecule has 0 fully saturated rings. The monoisotopic (exact) mass is 252 g/mol. The van der Waals surface area contributed by atoms with Crippen LogP contribution in [0.25, 0.3) is 0 Å². The molecular weight excluding hydrogens is 244 g/mol. The van der Waals surface area contributed by atoms with Gasteiger partial charge in [-0.15, -0.1) is 0 Å². The van der Waals surface area contributed by atoms with Crippen molar-refractivity contribution in [3.63, 3.8) is 0 Å². The van der Waals surface area contributed by atoms with Crippen molar-refractivity contribution in [1.29, 1.82) is 0 Å². The summed E-state index contributed by atoms with van der Waals surface area (Å²) < 4.78 is 25.4. The Kier molecular flexibility index (Phi) is 2.88. The zero-order valence-electron chi connectivity index (χ0n) is 8.49. The van der Waals surface area contributed by atoms with E-state index in [1.807, 2.05) is 4.72 Å². The number of hydrogen-bond acceptors (Lipinski definition) is 5. The highest BCUT2D eigenvalue weighted by molar-refractivity contribution is 7.90. The van der Waals surface area contributed by atoms with Gasteiger partial charge in [0.1, 0.15) is 6.33 Å². The molecule has 0 aliphatic rings. The van der Waals surface area contributed by atoms with Crippen molar-refractivity contribution in [3.05, 3.63) is 42.5 Å². The van der Waals surface area contributed by atoms with E-state index in [0.717, 1.165) is 6.33 Å². The summed E-state index contributed by atoms with van der Waals surface area (Å²) in [6.45, 7) is 0. The van der Waals surface area contributed by atoms with Crippen LogP contribution in [0.2, 0.25) is 0 Å². The first-order valence-corrected chi connectivity index (χ1v) is 6.05. The van der Waals surface area contributed by atoms with E-state index in [-0.39, 0.29) is 10.7 Å². The quantitative estimate of drug-likeness (QED) is 0.795. The molecule has 17 heavy (non-hydrogen) atoms. The van der Waals surface area contributed by atoms with Crippen molar-refractivity contribution in [3.8, 4) is 0 Å². The largest absolute Gasteiger partial charge is 0.302 e. The van der Waals surface area contributed by atoms with Gasteiger partial charge in [0, 0.05) is 0 Å². The zero-order chi connectivity index (χ0) is 12.3. The Hall–Kier alpha value is -2.22. The number of aromatic nitrogens is 3. The summed E-state index contributed by atoms with van der Waals surface area (Å²) in [6, 6.07) is 7.57. The van der Waals surface area contributed by atoms with Crippen LogP contribution >= 0.6 is 0 Å². The average Bonchev–Trinajstić information content (AvgIpc) is 2.83. The van der Waals surface area contributed by atoms with Crippen LogP contribution in [0.1, 0.15) is 10.6 Å². The number of aromatic amines is 1. The lowest BCUT2D eigenvalue weighted by molar-refractivity contribution is 0.0972. The van der Waals surface area contributed by atoms with Gasteiger partial charge in [-0.25, -0.2) is 18.1 Å². The lowest BCUT2D eigenvalue weighted by atomic mass is 10.4. The van der Waals surface area contributed by atoms with E-state index in [2.05, 4.69) is 15.2 Å². The van der Waals surface area contributed by atoms with Gasteiger partial charge < -0.3 is 0 Å². The normalized spacial score (nSPS) is 11.1. The molecular formula is C9H8N4O3S. The number of carbonyl (C=O) groups excluding carboxylic acids is 1. The molecule has 1 heterocycles. The summed E-state index contributed by atoms with van der Waals surface area (Å²) >= 11 is 0. The number of H-pyrrole nitrogens is 1. The molecule has 0 atom stereocenters. The summed E-state index contributed by atoms with van der Waals surface area (Å²) in [4.78, 5) is 15.0. The van der Waals surface area contributed by atoms with Gasteiger partial charge >= 0.3 is 5.91 Å². The Bertz CT molecular complexity index is 607. The van der Waals surface area contributed by atoms with Crippen molar-refractivity contribution in [1.82, 2.24) is 19.9 Å². The lowest BCUT2D eigenvalue weighted by Gasteiger charge is -2.04. The van der Waals surface area contributed by atoms with E-state index < -0.39 is 15.9 Å². The molecule has 7 nitrogen and oxygen atoms in total. The lowest BCUT2D eigenvalue weighted by Crippen LogP contribution is -2.31. The number of carbonyl (C=O) groups is 1. The van der Waals surface area contributed by atoms with Crippen molar-refractivity contribution in [2.75, 3.05) is 0 Å². The van der Waals surface area contributed by atoms with E-state index in [0.29, 0.717) is 0 Å². The predicted molar refractivity (Wildman–Crippen MR) is 57.5 cm³/mol. The molecule has 2 rings (SSSR count). The van der Waals surface area contributed by atoms with Crippen LogP contribution in [-0.2, 0) is 10.0 Å². The third-order valence-corrected chi connectivity index (χ3v) is 3.26. The fraction of sp³-hybridized carbons (Fsp3) is 0. The minimum Gasteiger partial charge on any atom is -0.265 e. The first-order chi connectivity index (χ1) is 8.09. The van der Waals surface area contributed by atoms with Gasteiger partial charge in [-0.05, 0) is 12.1 Å². The second-order valence-electron chi connectivity index (χ2n) is 3.08. The Morgan fingerprint density at radius 2 is 1.94 bits per heavy atom. The van der Waals surface area contributed by atoms with Crippen molar-refractivity contribution >= 4 is 15.9 Å². The molecule has 0 unspecified atom stereocenters. The van der Waals surface area contributed by atoms with E-state index in [4.69, 9.17) is 0 Å². The molecule has 0 radical (unpaired) electrons. The second-order valence-corrected chi connectivity index (χ2v) is 4.76. The second kappa shape index (κ2) is 4.34. The molecule has 1 aromatic carbocycles. The van der Waals surface area contributed by atoms with Gasteiger partial charge in [0.25, 0.3) is 10.0 Å². The number of nitrogens with one attached hydrogen (secondary N) is 2. The fourth-order valence-corrected chi connectivity index (χ4v) is 2.12. The first kappa shape index (κ1) is 11.3. The molecule has 2 N–H and O–H groups in total. The van der Waals surface area contributed by atoms with Crippen molar-refractivity contribution in [2.45, 2.75) is 4.90 Å². The summed E-state index contributed by atoms with van der Waals surface area (Å²) in [7, 11) is -3.87. The molecule has 0 saturated heterocycles. The standard InChI is InChI=1S/C9H8N4O3S/c14-9(8-10-6-11-12-8)13-17(15,16)7-4-2-1-3-5-7/h1-6H,(H,13,14)(H,10,11,12). The van der Waals surface area contributed by atoms with Crippen LogP contribution in [0, 0.1) is 0 Å². The van der Waals surface area contributed by atoms with Gasteiger partial charge in [0.15, 0.2) is 0 Å². The van der Waals surface area contributed by atoms with E-state index in [9.17, 15) is 13.2 Å². The van der Waals surface area contributed by atoms with E-state index >= 15 is 0 Å². The molecule has 2 aromatic rings. The smallest absolute Gasteiger partial charge is 0.265 e. The third kappa shape index (κ3) is 2.48. The molecule has 88 valence electrons. The molecule has 8 heteroatoms. The number of sulfonamides is 1. The highest BCUT2D eigenvalue weighted by Gasteiger charge is 2.19. The fourth-order valence-electron chi connectivity index (χ4n) is 1.14. The van der Waals surface area contributed by atoms with Crippen LogP contribution in [0.15, 0.2) is 41.6 Å². The first-order valence-electron chi connectivity index (χ1n) is 4.57. The van der Waals surface area contributed by atoms with Gasteiger partial charge in [-0.1, -0.05) is 18.2 Å². The predicted octanol–water partition coefficient (Wildman–Crippen LogP) is -0.0766. The van der Waals surface area contributed by atoms with Gasteiger partial charge in [0.2, 0.25) is 5.82 Å². The number of benzene rings is 1. The van der Waals surface area contributed by atoms with Crippen molar-refractivity contribution < 1.29 is 13.2 Å². The minimum atomic E-state index is -3.87. The molecule has 0 aliphatic carbocycles. The summed E-state index contributed by atoms with van der Waals surface area (Å²) in [6.07, 6.45) is 1.12. The van der Waals surface area contributed by atoms with E-state index in [1.165, 1.54) is 12.1 Å². The minimum absolute atomic E-state index is 0.00728. The zero-order valence-corrected chi connectivity index (χ0v) is 9.31. The van der Waals surface area contributed by atoms with E-state index in [1.54, 1.807) is 18.2 Å². The van der Waals surface area contributed by atoms with Crippen LogP contribution < -0.4 is 4.72 Å². The SMILES string of the molecule is O=C(NS(=O)(=O)c1ccccc1)c1ncn[nH]1. The van der Waals surface area contributed by atoms with Gasteiger partial charge in [-0.2, -0.15) is 5.10 Å². The Balaban J connectivity index is 2.22. The highest BCUT2D eigenvalue weighted by Crippen LogP contribution is 2.07. The van der Waals surface area contributed by atoms with Crippen LogP contribution in [0.3, 0.4) is 0 Å². The molecule has 0 spiro atoms. The highest BCUT2D eigenvalue weighted by atomic mass is 32.2. The summed E-state index contributed by atoms with van der Waals surface area (Å²) in [5, 5.41) is 5.73. The molecule has 1 aromatic heterocycles. The topological polar surface area (TPSA) is 105 Å². The van der Waals surface area contributed by atoms with Crippen LogP contribution in [0.5, 0.6) is 0 Å². The Morgan fingerprint density at radius 3 is 2.53 bits per heavy atom. The van der Waals surface area contributed by atoms with Gasteiger partial charge in [-0.3, -0.25) is 9.89 Å². The van der Waals surface area contributed by atoms with Crippen LogP contribution in [-0.4, -0.2) is 29.5 Å². The maximum absolute atomic E-state index is 11.7. The molecule has 0 aliphatic heterocycles. The molecule has 1 amide bonds. The number of rotatable bonds is 3. The molecule has 0 saturated carbocycles. The average molecular weight is 252 g/mol. The summed E-state index contributed by atoms with van der Waals surface area (Å²) in [5.41, 5.74) is 0. The third-order valence-electron chi connectivity index (χ3n) is 1.91. The Morgan fingerprint density at radius 1 is 1.24 bits per heavy atom. The Labute approximate surface area is 96.9 Å². The maximum atomic E-state index is 11.7. The maximum Gasteiger partial charge on any atom is 0.302 e. The summed E-state index contributed by atoms with van der Waals surface area (Å²) in [5.74, 6) is -1.02.